The van der Waals surface area contributed by atoms with Crippen molar-refractivity contribution in [3.63, 3.8) is 0 Å². The number of hydrogen-bond donors (Lipinski definition) is 0. The molecule has 2 heterocycles. The molecule has 2 rings (SSSR count). The van der Waals surface area contributed by atoms with Crippen molar-refractivity contribution in [3.05, 3.63) is 0 Å². The third kappa shape index (κ3) is 1.13. The van der Waals surface area contributed by atoms with Gasteiger partial charge in [0.15, 0.2) is 0 Å². The summed E-state index contributed by atoms with van der Waals surface area (Å²) < 4.78 is 11.3. The predicted molar refractivity (Wildman–Crippen MR) is 40.0 cm³/mol. The standard InChI is InChI=1S/C7H13O2Si/c1-2-7-8-6-3-4-10(5-6)9-7/h6-7H,2-5H2,1H3. The molecule has 0 aromatic carbocycles. The van der Waals surface area contributed by atoms with Gasteiger partial charge in [-0.15, -0.1) is 0 Å². The van der Waals surface area contributed by atoms with Crippen LogP contribution in [0.25, 0.3) is 0 Å². The molecule has 2 fully saturated rings. The highest BCUT2D eigenvalue weighted by Gasteiger charge is 2.36. The molecule has 2 aliphatic rings. The van der Waals surface area contributed by atoms with Gasteiger partial charge >= 0.3 is 0 Å². The smallest absolute Gasteiger partial charge is 0.217 e. The summed E-state index contributed by atoms with van der Waals surface area (Å²) >= 11 is 0. The van der Waals surface area contributed by atoms with E-state index in [0.717, 1.165) is 6.42 Å². The van der Waals surface area contributed by atoms with Crippen LogP contribution >= 0.6 is 0 Å². The third-order valence-electron chi connectivity index (χ3n) is 2.18. The van der Waals surface area contributed by atoms with E-state index < -0.39 is 9.04 Å². The first-order chi connectivity index (χ1) is 4.88. The third-order valence-corrected chi connectivity index (χ3v) is 4.53. The van der Waals surface area contributed by atoms with Gasteiger partial charge in [-0.25, -0.2) is 0 Å². The first kappa shape index (κ1) is 6.82. The molecule has 2 saturated heterocycles. The number of fused-ring (bicyclic) bond motifs is 2. The molecular formula is C7H13O2Si. The molecule has 2 nitrogen and oxygen atoms in total. The van der Waals surface area contributed by atoms with E-state index in [0.29, 0.717) is 6.10 Å². The number of hydrogen-bond acceptors (Lipinski definition) is 2. The van der Waals surface area contributed by atoms with Crippen molar-refractivity contribution in [2.45, 2.75) is 44.2 Å². The molecule has 0 N–H and O–H groups in total. The van der Waals surface area contributed by atoms with Crippen molar-refractivity contribution in [2.75, 3.05) is 0 Å². The largest absolute Gasteiger partial charge is 0.392 e. The molecule has 57 valence electrons. The molecular weight excluding hydrogens is 144 g/mol. The van der Waals surface area contributed by atoms with E-state index in [9.17, 15) is 0 Å². The topological polar surface area (TPSA) is 18.5 Å². The fourth-order valence-corrected chi connectivity index (χ4v) is 4.08. The van der Waals surface area contributed by atoms with Crippen LogP contribution in [-0.2, 0) is 9.16 Å². The maximum Gasteiger partial charge on any atom is 0.217 e. The van der Waals surface area contributed by atoms with Crippen molar-refractivity contribution in [1.82, 2.24) is 0 Å². The van der Waals surface area contributed by atoms with E-state index in [1.54, 1.807) is 0 Å². The molecule has 0 spiro atoms. The summed E-state index contributed by atoms with van der Waals surface area (Å²) in [7, 11) is -0.399. The van der Waals surface area contributed by atoms with Crippen LogP contribution in [0.5, 0.6) is 0 Å². The minimum atomic E-state index is -0.399. The summed E-state index contributed by atoms with van der Waals surface area (Å²) in [6.45, 7) is 2.12. The highest BCUT2D eigenvalue weighted by atomic mass is 28.3. The Bertz CT molecular complexity index is 117. The van der Waals surface area contributed by atoms with E-state index in [4.69, 9.17) is 9.16 Å². The van der Waals surface area contributed by atoms with Crippen LogP contribution in [0, 0.1) is 0 Å². The predicted octanol–water partition coefficient (Wildman–Crippen LogP) is 1.53. The fraction of sp³-hybridized carbons (Fsp3) is 1.00. The van der Waals surface area contributed by atoms with Crippen molar-refractivity contribution in [3.8, 4) is 0 Å². The quantitative estimate of drug-likeness (QED) is 0.537. The average molecular weight is 157 g/mol. The summed E-state index contributed by atoms with van der Waals surface area (Å²) in [4.78, 5) is 0. The zero-order valence-electron chi connectivity index (χ0n) is 6.30. The lowest BCUT2D eigenvalue weighted by Gasteiger charge is -2.27. The second kappa shape index (κ2) is 2.64. The van der Waals surface area contributed by atoms with Gasteiger partial charge in [0.05, 0.1) is 6.10 Å². The van der Waals surface area contributed by atoms with Gasteiger partial charge in [-0.05, 0) is 24.9 Å². The van der Waals surface area contributed by atoms with Gasteiger partial charge in [-0.1, -0.05) is 6.92 Å². The lowest BCUT2D eigenvalue weighted by molar-refractivity contribution is -0.126. The molecule has 2 unspecified atom stereocenters. The Hall–Kier alpha value is 0.137. The van der Waals surface area contributed by atoms with Crippen LogP contribution in [-0.4, -0.2) is 21.4 Å². The van der Waals surface area contributed by atoms with Gasteiger partial charge < -0.3 is 9.16 Å². The van der Waals surface area contributed by atoms with Crippen LogP contribution in [0.3, 0.4) is 0 Å². The molecule has 0 aromatic heterocycles. The summed E-state index contributed by atoms with van der Waals surface area (Å²) in [5.41, 5.74) is 0. The molecule has 2 atom stereocenters. The molecule has 0 aliphatic carbocycles. The first-order valence-electron chi connectivity index (χ1n) is 4.05. The van der Waals surface area contributed by atoms with E-state index in [1.165, 1.54) is 18.5 Å². The minimum Gasteiger partial charge on any atom is -0.392 e. The van der Waals surface area contributed by atoms with E-state index >= 15 is 0 Å². The highest BCUT2D eigenvalue weighted by Crippen LogP contribution is 2.31. The second-order valence-corrected chi connectivity index (χ2v) is 5.22. The number of ether oxygens (including phenoxy) is 1. The monoisotopic (exact) mass is 157 g/mol. The molecule has 0 amide bonds. The van der Waals surface area contributed by atoms with E-state index in [-0.39, 0.29) is 6.29 Å². The summed E-state index contributed by atoms with van der Waals surface area (Å²) in [6.07, 6.45) is 2.98. The Labute approximate surface area is 63.2 Å². The van der Waals surface area contributed by atoms with Crippen LogP contribution in [0.1, 0.15) is 19.8 Å². The Morgan fingerprint density at radius 3 is 3.20 bits per heavy atom. The van der Waals surface area contributed by atoms with Crippen LogP contribution in [0.4, 0.5) is 0 Å². The molecule has 0 saturated carbocycles. The molecule has 3 heteroatoms. The maximum atomic E-state index is 5.71. The SMILES string of the molecule is CCC1OC2CC[Si](C2)O1. The zero-order chi connectivity index (χ0) is 6.97. The first-order valence-corrected chi connectivity index (χ1v) is 5.87. The Kier molecular flexibility index (Phi) is 1.80. The van der Waals surface area contributed by atoms with Gasteiger partial charge in [0, 0.05) is 0 Å². The zero-order valence-corrected chi connectivity index (χ0v) is 7.30. The average Bonchev–Trinajstić information content (AvgIpc) is 2.30. The van der Waals surface area contributed by atoms with Gasteiger partial charge in [-0.2, -0.15) is 0 Å². The van der Waals surface area contributed by atoms with Crippen molar-refractivity contribution >= 4 is 9.04 Å². The molecule has 2 aliphatic heterocycles. The fourth-order valence-electron chi connectivity index (χ4n) is 1.61. The van der Waals surface area contributed by atoms with E-state index in [2.05, 4.69) is 6.92 Å². The molecule has 1 radical (unpaired) electrons. The van der Waals surface area contributed by atoms with Gasteiger partial charge in [-0.3, -0.25) is 0 Å². The Morgan fingerprint density at radius 2 is 2.50 bits per heavy atom. The lowest BCUT2D eigenvalue weighted by atomic mass is 10.3. The maximum absolute atomic E-state index is 5.71. The van der Waals surface area contributed by atoms with Gasteiger partial charge in [0.2, 0.25) is 9.04 Å². The summed E-state index contributed by atoms with van der Waals surface area (Å²) in [5.74, 6) is 0. The van der Waals surface area contributed by atoms with Crippen LogP contribution in [0.15, 0.2) is 0 Å². The Balaban J connectivity index is 1.96. The summed E-state index contributed by atoms with van der Waals surface area (Å²) in [6, 6.07) is 2.55. The van der Waals surface area contributed by atoms with Gasteiger partial charge in [0.1, 0.15) is 6.29 Å². The highest BCUT2D eigenvalue weighted by molar-refractivity contribution is 6.53. The normalized spacial score (nSPS) is 40.5. The lowest BCUT2D eigenvalue weighted by Crippen LogP contribution is -2.33. The minimum absolute atomic E-state index is 0.148. The van der Waals surface area contributed by atoms with Crippen molar-refractivity contribution in [1.29, 1.82) is 0 Å². The molecule has 10 heavy (non-hydrogen) atoms. The van der Waals surface area contributed by atoms with Crippen molar-refractivity contribution in [2.24, 2.45) is 0 Å². The second-order valence-electron chi connectivity index (χ2n) is 3.00. The van der Waals surface area contributed by atoms with Crippen LogP contribution < -0.4 is 0 Å². The van der Waals surface area contributed by atoms with Gasteiger partial charge in [0.25, 0.3) is 0 Å². The molecule has 0 aromatic rings. The molecule has 2 bridgehead atoms. The summed E-state index contributed by atoms with van der Waals surface area (Å²) in [5, 5.41) is 0. The van der Waals surface area contributed by atoms with Crippen LogP contribution in [0.2, 0.25) is 12.1 Å². The Morgan fingerprint density at radius 1 is 1.60 bits per heavy atom. The van der Waals surface area contributed by atoms with Crippen molar-refractivity contribution < 1.29 is 9.16 Å². The van der Waals surface area contributed by atoms with E-state index in [1.807, 2.05) is 0 Å². The number of rotatable bonds is 1.